The zero-order valence-electron chi connectivity index (χ0n) is 35.9. The van der Waals surface area contributed by atoms with Crippen molar-refractivity contribution in [1.82, 2.24) is 29.9 Å². The topological polar surface area (TPSA) is 689 Å². The maximum Gasteiger partial charge on any atom is 0.140 e. The summed E-state index contributed by atoms with van der Waals surface area (Å²) in [5.41, 5.74) is -8.45. The molecule has 3 aromatic rings. The number of aliphatic hydroxyl groups excluding tert-OH is 3. The van der Waals surface area contributed by atoms with E-state index in [-0.39, 0.29) is 42.1 Å². The largest absolute Gasteiger partial charge is 0.550 e. The van der Waals surface area contributed by atoms with E-state index in [0.717, 1.165) is 18.2 Å². The van der Waals surface area contributed by atoms with Gasteiger partial charge in [0.15, 0.2) is 0 Å². The number of hydrogen-bond acceptors (Lipinski definition) is 33. The Morgan fingerprint density at radius 1 is 0.419 bits per heavy atom. The number of carbonyl (C=O) groups is 12. The molecule has 6 atom stereocenters. The van der Waals surface area contributed by atoms with Crippen LogP contribution < -0.4 is 61.3 Å². The van der Waals surface area contributed by atoms with Crippen molar-refractivity contribution >= 4 is 89.9 Å². The Labute approximate surface area is 437 Å². The van der Waals surface area contributed by atoms with Crippen LogP contribution in [0, 0.1) is 0 Å². The fraction of sp³-hybridized carbons (Fsp3) is 0.250. The second-order valence-electron chi connectivity index (χ2n) is 12.4. The molecule has 3 aromatic heterocycles. The number of imidazole rings is 3. The second kappa shape index (κ2) is 36.5. The molecule has 0 fully saturated rings. The van der Waals surface area contributed by atoms with E-state index in [1.54, 1.807) is 0 Å². The number of aliphatic hydroxyl groups is 6. The Morgan fingerprint density at radius 3 is 0.716 bits per heavy atom. The van der Waals surface area contributed by atoms with Crippen LogP contribution in [-0.4, -0.2) is 167 Å². The van der Waals surface area contributed by atoms with Crippen LogP contribution in [0.15, 0.2) is 55.8 Å². The molecule has 6 unspecified atom stereocenters. The molecule has 0 saturated carbocycles. The third-order valence-corrected chi connectivity index (χ3v) is 7.08. The van der Waals surface area contributed by atoms with Gasteiger partial charge >= 0.3 is 0 Å². The van der Waals surface area contributed by atoms with Crippen LogP contribution in [0.3, 0.4) is 0 Å². The molecule has 9 N–H and O–H groups in total. The summed E-state index contributed by atoms with van der Waals surface area (Å²) < 4.78 is 0. The molecule has 0 aromatic carbocycles. The van der Waals surface area contributed by atoms with E-state index in [2.05, 4.69) is 29.9 Å². The maximum atomic E-state index is 10.2. The molecule has 36 nitrogen and oxygen atoms in total. The molecule has 0 aliphatic carbocycles. The molecule has 0 spiro atoms. The summed E-state index contributed by atoms with van der Waals surface area (Å²) >= 11 is 0. The summed E-state index contributed by atoms with van der Waals surface area (Å²) in [5, 5.41) is 173. The number of aromatic nitrogens is 6. The fourth-order valence-electron chi connectivity index (χ4n) is 3.63. The predicted octanol–water partition coefficient (Wildman–Crippen LogP) is -21.3. The summed E-state index contributed by atoms with van der Waals surface area (Å²) in [6.07, 6.45) is 2.29. The average Bonchev–Trinajstić information content (AvgIpc) is 4.09. The van der Waals surface area contributed by atoms with Crippen molar-refractivity contribution in [3.8, 4) is 0 Å². The molecule has 0 amide bonds. The van der Waals surface area contributed by atoms with Gasteiger partial charge in [-0.25, -0.2) is 15.0 Å². The molecule has 3 heterocycles. The number of H-pyrrole nitrogens is 3. The van der Waals surface area contributed by atoms with Gasteiger partial charge in [0.25, 0.3) is 0 Å². The first kappa shape index (κ1) is 74.6. The number of aromatic amines is 3. The summed E-state index contributed by atoms with van der Waals surface area (Å²) in [4.78, 5) is 139. The van der Waals surface area contributed by atoms with Crippen molar-refractivity contribution in [2.45, 2.75) is 54.4 Å². The molecule has 0 aliphatic heterocycles. The van der Waals surface area contributed by atoms with Crippen LogP contribution in [0.1, 0.15) is 36.3 Å². The third kappa shape index (κ3) is 30.4. The van der Waals surface area contributed by atoms with Gasteiger partial charge in [-0.2, -0.15) is 0 Å². The smallest absolute Gasteiger partial charge is 0.140 e. The van der Waals surface area contributed by atoms with E-state index in [0.29, 0.717) is 17.1 Å². The molecule has 38 heteroatoms. The van der Waals surface area contributed by atoms with Gasteiger partial charge in [0.05, 0.1) is 108 Å². The molecule has 0 saturated heterocycles. The van der Waals surface area contributed by atoms with E-state index in [1.165, 1.54) is 55.8 Å². The van der Waals surface area contributed by atoms with Crippen molar-refractivity contribution in [3.63, 3.8) is 0 Å². The predicted molar refractivity (Wildman–Crippen MR) is 190 cm³/mol. The van der Waals surface area contributed by atoms with Gasteiger partial charge in [-0.1, -0.05) is 0 Å². The van der Waals surface area contributed by atoms with E-state index in [9.17, 15) is 119 Å². The third-order valence-electron chi connectivity index (χ3n) is 7.08. The monoisotopic (exact) mass is 1220 g/mol. The first-order chi connectivity index (χ1) is 33.0. The Morgan fingerprint density at radius 2 is 0.608 bits per heavy atom. The minimum absolute atomic E-state index is 0. The van der Waals surface area contributed by atoms with Crippen LogP contribution in [-0.2, 0) is 99.7 Å². The standard InChI is InChI=1S/3C6H6N2O2.3C6H8O8.2Mo/c3*9-6(10)2-1-5-3-7-4-8-5;3*7-2(8)1-6(14,5(12)13)3(9)4(10)11;;/h3*1-4H,(H,7,8)(H,9,10);3*3,9,14H,1H2,(H,7,8)(H,10,11)(H,12,13);;/p-12. The molecule has 0 radical (unpaired) electrons. The SMILES string of the molecule is O=C([O-])C=Cc1cnc[nH]1.O=C([O-])C=Cc1cnc[nH]1.O=C([O-])C=Cc1cnc[nH]1.O=C([O-])CC(O)(C(=O)[O-])C(O)C(=O)[O-].O=C([O-])CC(O)(C(=O)[O-])C(O)C(=O)[O-].O=C([O-])CC(O)(C(=O)[O-])C(O)C(=O)[O-].[Mo].[Mo]. The molecule has 0 bridgehead atoms. The van der Waals surface area contributed by atoms with Crippen molar-refractivity contribution in [3.05, 3.63) is 72.9 Å². The Hall–Kier alpha value is -8.37. The normalized spacial score (nSPS) is 13.7. The Balaban J connectivity index is -0.000000257. The maximum absolute atomic E-state index is 10.2. The van der Waals surface area contributed by atoms with Gasteiger partial charge in [0.2, 0.25) is 0 Å². The zero-order chi connectivity index (χ0) is 56.7. The fourth-order valence-corrected chi connectivity index (χ4v) is 3.63. The minimum Gasteiger partial charge on any atom is -0.550 e. The summed E-state index contributed by atoms with van der Waals surface area (Å²) in [5.74, 6) is -24.2. The molecule has 74 heavy (non-hydrogen) atoms. The number of rotatable bonds is 21. The van der Waals surface area contributed by atoms with E-state index in [1.807, 2.05) is 0 Å². The van der Waals surface area contributed by atoms with Crippen molar-refractivity contribution in [1.29, 1.82) is 0 Å². The Kier molecular flexibility index (Phi) is 36.8. The van der Waals surface area contributed by atoms with E-state index in [4.69, 9.17) is 30.6 Å². The van der Waals surface area contributed by atoms with Crippen LogP contribution >= 0.6 is 0 Å². The molecule has 0 aliphatic rings. The van der Waals surface area contributed by atoms with Gasteiger partial charge in [0, 0.05) is 79.3 Å². The summed E-state index contributed by atoms with van der Waals surface area (Å²) in [6, 6.07) is 0. The number of aliphatic carboxylic acids is 12. The van der Waals surface area contributed by atoms with Crippen molar-refractivity contribution < 1.29 is 192 Å². The number of nitrogens with zero attached hydrogens (tertiary/aromatic N) is 3. The second-order valence-corrected chi connectivity index (χ2v) is 12.4. The quantitative estimate of drug-likeness (QED) is 0.0353. The van der Waals surface area contributed by atoms with E-state index < -0.39 is 126 Å². The summed E-state index contributed by atoms with van der Waals surface area (Å²) in [6.45, 7) is 0. The van der Waals surface area contributed by atoms with Crippen LogP contribution in [0.5, 0.6) is 0 Å². The first-order valence-electron chi connectivity index (χ1n) is 17.7. The Bertz CT molecular complexity index is 2150. The zero-order valence-corrected chi connectivity index (χ0v) is 39.9. The van der Waals surface area contributed by atoms with Gasteiger partial charge in [0.1, 0.15) is 35.1 Å². The number of hydrogen-bond donors (Lipinski definition) is 9. The first-order valence-corrected chi connectivity index (χ1v) is 17.7. The van der Waals surface area contributed by atoms with Gasteiger partial charge < -0.3 is 164 Å². The number of nitrogens with one attached hydrogen (secondary N) is 3. The van der Waals surface area contributed by atoms with Crippen molar-refractivity contribution in [2.75, 3.05) is 0 Å². The molecular formula is C36H30Mo2N6O30-12. The van der Waals surface area contributed by atoms with Gasteiger partial charge in [-0.05, 0) is 36.5 Å². The van der Waals surface area contributed by atoms with Crippen LogP contribution in [0.25, 0.3) is 18.2 Å². The van der Waals surface area contributed by atoms with Crippen molar-refractivity contribution in [2.24, 2.45) is 0 Å². The van der Waals surface area contributed by atoms with Crippen LogP contribution in [0.4, 0.5) is 0 Å². The van der Waals surface area contributed by atoms with E-state index >= 15 is 0 Å². The minimum atomic E-state index is -3.46. The average molecular weight is 1220 g/mol. The van der Waals surface area contributed by atoms with Gasteiger partial charge in [-0.15, -0.1) is 0 Å². The number of carbonyl (C=O) groups excluding carboxylic acids is 12. The number of carboxylic acids is 12. The molecule has 408 valence electrons. The number of carboxylic acid groups (broad SMARTS) is 12. The van der Waals surface area contributed by atoms with Crippen LogP contribution in [0.2, 0.25) is 0 Å². The van der Waals surface area contributed by atoms with Gasteiger partial charge in [-0.3, -0.25) is 0 Å². The summed E-state index contributed by atoms with van der Waals surface area (Å²) in [7, 11) is 0. The molecular weight excluding hydrogens is 1190 g/mol. The molecule has 3 rings (SSSR count).